The van der Waals surface area contributed by atoms with E-state index in [4.69, 9.17) is 9.78 Å². The smallest absolute Gasteiger partial charge is 0.216 e. The van der Waals surface area contributed by atoms with Crippen molar-refractivity contribution in [2.75, 3.05) is 0 Å². The van der Waals surface area contributed by atoms with Crippen LogP contribution >= 0.6 is 0 Å². The summed E-state index contributed by atoms with van der Waals surface area (Å²) in [5, 5.41) is 12.8. The summed E-state index contributed by atoms with van der Waals surface area (Å²) in [6, 6.07) is 8.63. The maximum Gasteiger partial charge on any atom is 0.216 e. The zero-order valence-electron chi connectivity index (χ0n) is 11.8. The molecule has 0 spiro atoms. The molecule has 2 aromatic rings. The van der Waals surface area contributed by atoms with E-state index < -0.39 is 10.0 Å². The van der Waals surface area contributed by atoms with Gasteiger partial charge in [-0.1, -0.05) is 23.4 Å². The van der Waals surface area contributed by atoms with Gasteiger partial charge in [-0.15, -0.1) is 0 Å². The van der Waals surface area contributed by atoms with Gasteiger partial charge in [0, 0.05) is 12.1 Å². The second-order valence-corrected chi connectivity index (χ2v) is 6.46. The van der Waals surface area contributed by atoms with Crippen molar-refractivity contribution < 1.29 is 12.9 Å². The number of hydrogen-bond acceptors (Lipinski definition) is 5. The molecule has 0 aliphatic heterocycles. The molecule has 1 aromatic carbocycles. The number of aryl methyl sites for hydroxylation is 2. The van der Waals surface area contributed by atoms with E-state index in [9.17, 15) is 8.42 Å². The fourth-order valence-corrected chi connectivity index (χ4v) is 3.07. The van der Waals surface area contributed by atoms with Gasteiger partial charge in [-0.25, -0.2) is 13.1 Å². The number of hydrogen-bond donors (Lipinski definition) is 1. The highest BCUT2D eigenvalue weighted by molar-refractivity contribution is 7.88. The summed E-state index contributed by atoms with van der Waals surface area (Å²) in [5.41, 5.74) is 2.23. The van der Waals surface area contributed by atoms with Crippen molar-refractivity contribution >= 4 is 10.0 Å². The van der Waals surface area contributed by atoms with Crippen molar-refractivity contribution in [1.82, 2.24) is 9.88 Å². The zero-order valence-corrected chi connectivity index (χ0v) is 12.6. The second-order valence-electron chi connectivity index (χ2n) is 4.65. The third-order valence-corrected chi connectivity index (χ3v) is 4.41. The largest absolute Gasteiger partial charge is 0.361 e. The monoisotopic (exact) mass is 305 g/mol. The fraction of sp³-hybridized carbons (Fsp3) is 0.286. The van der Waals surface area contributed by atoms with Crippen LogP contribution in [0.4, 0.5) is 0 Å². The van der Waals surface area contributed by atoms with Crippen molar-refractivity contribution in [1.29, 1.82) is 5.26 Å². The van der Waals surface area contributed by atoms with Crippen LogP contribution in [0.1, 0.15) is 28.1 Å². The molecule has 110 valence electrons. The number of nitrogens with zero attached hydrogens (tertiary/aromatic N) is 2. The summed E-state index contributed by atoms with van der Waals surface area (Å²) >= 11 is 0. The lowest BCUT2D eigenvalue weighted by atomic mass is 10.1. The molecule has 21 heavy (non-hydrogen) atoms. The number of sulfonamides is 1. The van der Waals surface area contributed by atoms with Gasteiger partial charge in [0.05, 0.1) is 23.1 Å². The molecule has 1 aromatic heterocycles. The van der Waals surface area contributed by atoms with Gasteiger partial charge in [0.2, 0.25) is 10.0 Å². The van der Waals surface area contributed by atoms with Gasteiger partial charge >= 0.3 is 0 Å². The number of nitriles is 1. The number of benzene rings is 1. The molecule has 0 bridgehead atoms. The quantitative estimate of drug-likeness (QED) is 0.908. The lowest BCUT2D eigenvalue weighted by molar-refractivity contribution is 0.392. The van der Waals surface area contributed by atoms with E-state index in [-0.39, 0.29) is 12.3 Å². The minimum atomic E-state index is -3.55. The molecule has 0 atom stereocenters. The predicted molar refractivity (Wildman–Crippen MR) is 76.6 cm³/mol. The van der Waals surface area contributed by atoms with E-state index in [1.165, 1.54) is 0 Å². The minimum Gasteiger partial charge on any atom is -0.361 e. The van der Waals surface area contributed by atoms with Gasteiger partial charge in [0.15, 0.2) is 0 Å². The Bertz CT molecular complexity index is 769. The van der Waals surface area contributed by atoms with E-state index in [2.05, 4.69) is 9.88 Å². The fourth-order valence-electron chi connectivity index (χ4n) is 1.95. The van der Waals surface area contributed by atoms with Crippen LogP contribution in [0.3, 0.4) is 0 Å². The molecule has 0 amide bonds. The maximum absolute atomic E-state index is 12.1. The Labute approximate surface area is 123 Å². The molecule has 6 nitrogen and oxygen atoms in total. The molecule has 0 fully saturated rings. The van der Waals surface area contributed by atoms with Crippen LogP contribution in [0.2, 0.25) is 0 Å². The summed E-state index contributed by atoms with van der Waals surface area (Å²) in [6.45, 7) is 3.61. The van der Waals surface area contributed by atoms with Gasteiger partial charge < -0.3 is 4.52 Å². The molecule has 0 unspecified atom stereocenters. The molecule has 7 heteroatoms. The molecular weight excluding hydrogens is 290 g/mol. The Kier molecular flexibility index (Phi) is 4.40. The van der Waals surface area contributed by atoms with E-state index in [0.717, 1.165) is 5.56 Å². The summed E-state index contributed by atoms with van der Waals surface area (Å²) in [4.78, 5) is 0. The van der Waals surface area contributed by atoms with Crippen LogP contribution in [-0.4, -0.2) is 13.6 Å². The molecule has 2 rings (SSSR count). The minimum absolute atomic E-state index is 0.123. The van der Waals surface area contributed by atoms with Crippen LogP contribution < -0.4 is 4.72 Å². The third kappa shape index (κ3) is 3.68. The average molecular weight is 305 g/mol. The van der Waals surface area contributed by atoms with Gasteiger partial charge in [-0.05, 0) is 25.5 Å². The highest BCUT2D eigenvalue weighted by Gasteiger charge is 2.16. The predicted octanol–water partition coefficient (Wildman–Crippen LogP) is 1.78. The summed E-state index contributed by atoms with van der Waals surface area (Å²) in [5.74, 6) is 0.354. The van der Waals surface area contributed by atoms with E-state index in [0.29, 0.717) is 22.6 Å². The van der Waals surface area contributed by atoms with Gasteiger partial charge in [-0.2, -0.15) is 5.26 Å². The maximum atomic E-state index is 12.1. The standard InChI is InChI=1S/C14H15N3O3S/c1-10-14(11(2)20-17-10)8-16-21(18,19)9-13-6-4-3-5-12(13)7-15/h3-6,16H,8-9H2,1-2H3. The summed E-state index contributed by atoms with van der Waals surface area (Å²) in [7, 11) is -3.55. The summed E-state index contributed by atoms with van der Waals surface area (Å²) in [6.07, 6.45) is 0. The average Bonchev–Trinajstić information content (AvgIpc) is 2.76. The van der Waals surface area contributed by atoms with Gasteiger partial charge in [0.1, 0.15) is 5.76 Å². The Morgan fingerprint density at radius 3 is 2.67 bits per heavy atom. The first-order valence-corrected chi connectivity index (χ1v) is 7.95. The highest BCUT2D eigenvalue weighted by atomic mass is 32.2. The topological polar surface area (TPSA) is 96.0 Å². The summed E-state index contributed by atoms with van der Waals surface area (Å²) < 4.78 is 31.7. The zero-order chi connectivity index (χ0) is 15.5. The SMILES string of the molecule is Cc1noc(C)c1CNS(=O)(=O)Cc1ccccc1C#N. The lowest BCUT2D eigenvalue weighted by Gasteiger charge is -2.07. The van der Waals surface area contributed by atoms with Crippen LogP contribution in [0.25, 0.3) is 0 Å². The Morgan fingerprint density at radius 2 is 2.05 bits per heavy atom. The normalized spacial score (nSPS) is 11.3. The molecule has 0 saturated carbocycles. The number of nitrogens with one attached hydrogen (secondary N) is 1. The van der Waals surface area contributed by atoms with Crippen LogP contribution in [0, 0.1) is 25.2 Å². The Morgan fingerprint density at radius 1 is 1.33 bits per heavy atom. The van der Waals surface area contributed by atoms with Crippen molar-refractivity contribution in [3.05, 3.63) is 52.4 Å². The molecule has 0 aliphatic rings. The molecule has 0 radical (unpaired) electrons. The number of aromatic nitrogens is 1. The lowest BCUT2D eigenvalue weighted by Crippen LogP contribution is -2.25. The van der Waals surface area contributed by atoms with Gasteiger partial charge in [-0.3, -0.25) is 0 Å². The van der Waals surface area contributed by atoms with E-state index in [1.807, 2.05) is 6.07 Å². The molecular formula is C14H15N3O3S. The van der Waals surface area contributed by atoms with Crippen molar-refractivity contribution in [3.8, 4) is 6.07 Å². The Hall–Kier alpha value is -2.17. The van der Waals surface area contributed by atoms with E-state index >= 15 is 0 Å². The van der Waals surface area contributed by atoms with E-state index in [1.54, 1.807) is 38.1 Å². The second kappa shape index (κ2) is 6.08. The van der Waals surface area contributed by atoms with Crippen LogP contribution in [-0.2, 0) is 22.3 Å². The van der Waals surface area contributed by atoms with Crippen molar-refractivity contribution in [2.45, 2.75) is 26.1 Å². The van der Waals surface area contributed by atoms with Crippen LogP contribution in [0.5, 0.6) is 0 Å². The van der Waals surface area contributed by atoms with Gasteiger partial charge in [0.25, 0.3) is 0 Å². The Balaban J connectivity index is 2.11. The molecule has 1 N–H and O–H groups in total. The highest BCUT2D eigenvalue weighted by Crippen LogP contribution is 2.14. The molecule has 0 saturated heterocycles. The van der Waals surface area contributed by atoms with Crippen LogP contribution in [0.15, 0.2) is 28.8 Å². The van der Waals surface area contributed by atoms with Crippen molar-refractivity contribution in [3.63, 3.8) is 0 Å². The number of rotatable bonds is 5. The third-order valence-electron chi connectivity index (χ3n) is 3.13. The first-order chi connectivity index (χ1) is 9.93. The van der Waals surface area contributed by atoms with Crippen molar-refractivity contribution in [2.24, 2.45) is 0 Å². The first kappa shape index (κ1) is 15.2. The molecule has 1 heterocycles. The molecule has 0 aliphatic carbocycles. The first-order valence-electron chi connectivity index (χ1n) is 6.30.